The number of hydrogen-bond donors (Lipinski definition) is 1. The molecule has 2 rings (SSSR count). The average Bonchev–Trinajstić information content (AvgIpc) is 2.99. The van der Waals surface area contributed by atoms with E-state index in [-0.39, 0.29) is 11.9 Å². The topological polar surface area (TPSA) is 55.4 Å². The first-order valence-electron chi connectivity index (χ1n) is 7.63. The van der Waals surface area contributed by atoms with E-state index in [9.17, 15) is 9.59 Å². The van der Waals surface area contributed by atoms with Gasteiger partial charge in [0.15, 0.2) is 0 Å². The van der Waals surface area contributed by atoms with Gasteiger partial charge in [-0.05, 0) is 32.3 Å². The van der Waals surface area contributed by atoms with Crippen LogP contribution in [0.2, 0.25) is 0 Å². The van der Waals surface area contributed by atoms with Crippen LogP contribution in [0.3, 0.4) is 0 Å². The zero-order chi connectivity index (χ0) is 15.3. The number of carbonyl (C=O) groups excluding carboxylic acids is 2. The Labute approximate surface area is 125 Å². The summed E-state index contributed by atoms with van der Waals surface area (Å²) in [5.41, 5.74) is 0.540. The second-order valence-electron chi connectivity index (χ2n) is 5.60. The SMILES string of the molecule is CCOC(=O)C(C)NC(=O)C1(c2ccccc2)CCCC1. The van der Waals surface area contributed by atoms with Gasteiger partial charge in [0.05, 0.1) is 12.0 Å². The molecule has 0 aliphatic heterocycles. The monoisotopic (exact) mass is 289 g/mol. The van der Waals surface area contributed by atoms with E-state index in [1.165, 1.54) is 0 Å². The predicted molar refractivity (Wildman–Crippen MR) is 80.8 cm³/mol. The molecule has 0 heterocycles. The number of carbonyl (C=O) groups is 2. The van der Waals surface area contributed by atoms with Gasteiger partial charge in [0, 0.05) is 0 Å². The van der Waals surface area contributed by atoms with Gasteiger partial charge in [0.1, 0.15) is 6.04 Å². The average molecular weight is 289 g/mol. The summed E-state index contributed by atoms with van der Waals surface area (Å²) in [4.78, 5) is 24.5. The van der Waals surface area contributed by atoms with Crippen molar-refractivity contribution >= 4 is 11.9 Å². The van der Waals surface area contributed by atoms with Crippen molar-refractivity contribution in [2.24, 2.45) is 0 Å². The van der Waals surface area contributed by atoms with Gasteiger partial charge >= 0.3 is 5.97 Å². The normalized spacial score (nSPS) is 18.0. The molecule has 1 saturated carbocycles. The predicted octanol–water partition coefficient (Wildman–Crippen LogP) is 2.57. The first kappa shape index (κ1) is 15.5. The third-order valence-corrected chi connectivity index (χ3v) is 4.21. The van der Waals surface area contributed by atoms with Crippen molar-refractivity contribution in [3.63, 3.8) is 0 Å². The molecular formula is C17H23NO3. The van der Waals surface area contributed by atoms with Gasteiger partial charge in [-0.15, -0.1) is 0 Å². The Morgan fingerprint density at radius 2 is 1.86 bits per heavy atom. The fourth-order valence-electron chi connectivity index (χ4n) is 3.04. The first-order valence-corrected chi connectivity index (χ1v) is 7.63. The van der Waals surface area contributed by atoms with E-state index < -0.39 is 11.5 Å². The molecule has 0 radical (unpaired) electrons. The molecule has 21 heavy (non-hydrogen) atoms. The molecule has 1 amide bonds. The van der Waals surface area contributed by atoms with Crippen LogP contribution in [0.15, 0.2) is 30.3 Å². The molecule has 0 aromatic heterocycles. The standard InChI is InChI=1S/C17H23NO3/c1-3-21-15(19)13(2)18-16(20)17(11-7-8-12-17)14-9-5-4-6-10-14/h4-6,9-10,13H,3,7-8,11-12H2,1-2H3,(H,18,20). The molecule has 1 aliphatic carbocycles. The number of ether oxygens (including phenoxy) is 1. The Morgan fingerprint density at radius 1 is 1.24 bits per heavy atom. The van der Waals surface area contributed by atoms with E-state index in [0.29, 0.717) is 6.61 Å². The lowest BCUT2D eigenvalue weighted by atomic mass is 9.78. The van der Waals surface area contributed by atoms with Crippen molar-refractivity contribution < 1.29 is 14.3 Å². The fourth-order valence-corrected chi connectivity index (χ4v) is 3.04. The summed E-state index contributed by atoms with van der Waals surface area (Å²) < 4.78 is 4.95. The van der Waals surface area contributed by atoms with Crippen molar-refractivity contribution in [3.05, 3.63) is 35.9 Å². The van der Waals surface area contributed by atoms with Crippen molar-refractivity contribution in [1.82, 2.24) is 5.32 Å². The number of amides is 1. The summed E-state index contributed by atoms with van der Waals surface area (Å²) in [5.74, 6) is -0.446. The number of nitrogens with one attached hydrogen (secondary N) is 1. The molecule has 1 N–H and O–H groups in total. The third-order valence-electron chi connectivity index (χ3n) is 4.21. The van der Waals surface area contributed by atoms with Crippen LogP contribution in [0.25, 0.3) is 0 Å². The van der Waals surface area contributed by atoms with Crippen LogP contribution in [0.4, 0.5) is 0 Å². The molecule has 0 saturated heterocycles. The van der Waals surface area contributed by atoms with Gasteiger partial charge in [0.2, 0.25) is 5.91 Å². The minimum Gasteiger partial charge on any atom is -0.464 e. The van der Waals surface area contributed by atoms with Gasteiger partial charge in [-0.3, -0.25) is 4.79 Å². The maximum Gasteiger partial charge on any atom is 0.328 e. The molecule has 114 valence electrons. The fraction of sp³-hybridized carbons (Fsp3) is 0.529. The number of rotatable bonds is 5. The van der Waals surface area contributed by atoms with E-state index in [0.717, 1.165) is 31.2 Å². The molecule has 1 aliphatic rings. The number of esters is 1. The molecule has 4 heteroatoms. The van der Waals surface area contributed by atoms with Crippen LogP contribution in [0.5, 0.6) is 0 Å². The van der Waals surface area contributed by atoms with Crippen LogP contribution in [0.1, 0.15) is 45.1 Å². The van der Waals surface area contributed by atoms with Gasteiger partial charge in [-0.25, -0.2) is 4.79 Å². The smallest absolute Gasteiger partial charge is 0.328 e. The highest BCUT2D eigenvalue weighted by atomic mass is 16.5. The molecule has 1 aromatic carbocycles. The lowest BCUT2D eigenvalue weighted by Crippen LogP contribution is -2.49. The van der Waals surface area contributed by atoms with E-state index in [1.807, 2.05) is 30.3 Å². The Kier molecular flexibility index (Phi) is 4.99. The lowest BCUT2D eigenvalue weighted by molar-refractivity contribution is -0.147. The maximum atomic E-state index is 12.8. The summed E-state index contributed by atoms with van der Waals surface area (Å²) in [6, 6.07) is 9.25. The van der Waals surface area contributed by atoms with Crippen molar-refractivity contribution in [2.75, 3.05) is 6.61 Å². The van der Waals surface area contributed by atoms with Crippen LogP contribution in [0, 0.1) is 0 Å². The highest BCUT2D eigenvalue weighted by Gasteiger charge is 2.43. The molecule has 1 atom stereocenters. The molecule has 1 unspecified atom stereocenters. The Balaban J connectivity index is 2.16. The molecular weight excluding hydrogens is 266 g/mol. The highest BCUT2D eigenvalue weighted by molar-refractivity contribution is 5.92. The molecule has 1 fully saturated rings. The lowest BCUT2D eigenvalue weighted by Gasteiger charge is -2.29. The van der Waals surface area contributed by atoms with Crippen molar-refractivity contribution in [3.8, 4) is 0 Å². The summed E-state index contributed by atoms with van der Waals surface area (Å²) >= 11 is 0. The van der Waals surface area contributed by atoms with Crippen LogP contribution >= 0.6 is 0 Å². The second-order valence-corrected chi connectivity index (χ2v) is 5.60. The minimum atomic E-state index is -0.612. The summed E-state index contributed by atoms with van der Waals surface area (Å²) in [5, 5.41) is 2.83. The van der Waals surface area contributed by atoms with Crippen molar-refractivity contribution in [2.45, 2.75) is 51.0 Å². The molecule has 4 nitrogen and oxygen atoms in total. The van der Waals surface area contributed by atoms with Gasteiger partial charge in [0.25, 0.3) is 0 Å². The van der Waals surface area contributed by atoms with E-state index >= 15 is 0 Å². The molecule has 0 bridgehead atoms. The zero-order valence-corrected chi connectivity index (χ0v) is 12.7. The van der Waals surface area contributed by atoms with Gasteiger partial charge < -0.3 is 10.1 Å². The van der Waals surface area contributed by atoms with E-state index in [4.69, 9.17) is 4.74 Å². The number of benzene rings is 1. The zero-order valence-electron chi connectivity index (χ0n) is 12.7. The Hall–Kier alpha value is -1.84. The minimum absolute atomic E-state index is 0.0632. The Bertz CT molecular complexity index is 492. The Morgan fingerprint density at radius 3 is 2.43 bits per heavy atom. The van der Waals surface area contributed by atoms with Crippen LogP contribution < -0.4 is 5.32 Å². The quantitative estimate of drug-likeness (QED) is 0.848. The molecule has 0 spiro atoms. The van der Waals surface area contributed by atoms with Gasteiger partial charge in [-0.2, -0.15) is 0 Å². The first-order chi connectivity index (χ1) is 10.1. The highest BCUT2D eigenvalue weighted by Crippen LogP contribution is 2.41. The summed E-state index contributed by atoms with van der Waals surface area (Å²) in [7, 11) is 0. The summed E-state index contributed by atoms with van der Waals surface area (Å²) in [6.07, 6.45) is 3.74. The van der Waals surface area contributed by atoms with Gasteiger partial charge in [-0.1, -0.05) is 43.2 Å². The third kappa shape index (κ3) is 3.26. The number of hydrogen-bond acceptors (Lipinski definition) is 3. The van der Waals surface area contributed by atoms with E-state index in [1.54, 1.807) is 13.8 Å². The van der Waals surface area contributed by atoms with Crippen molar-refractivity contribution in [1.29, 1.82) is 0 Å². The van der Waals surface area contributed by atoms with E-state index in [2.05, 4.69) is 5.32 Å². The largest absolute Gasteiger partial charge is 0.464 e. The van der Waals surface area contributed by atoms with Crippen LogP contribution in [-0.2, 0) is 19.7 Å². The second kappa shape index (κ2) is 6.74. The summed E-state index contributed by atoms with van der Waals surface area (Å²) in [6.45, 7) is 3.75. The van der Waals surface area contributed by atoms with Crippen LogP contribution in [-0.4, -0.2) is 24.5 Å². The maximum absolute atomic E-state index is 12.8. The molecule has 1 aromatic rings.